The number of amides is 1. The summed E-state index contributed by atoms with van der Waals surface area (Å²) in [7, 11) is 0. The summed E-state index contributed by atoms with van der Waals surface area (Å²) in [5.41, 5.74) is 0.740. The number of fused-ring (bicyclic) bond motifs is 2. The number of thioether (sulfide) groups is 2. The van der Waals surface area contributed by atoms with Crippen molar-refractivity contribution in [2.45, 2.75) is 81.0 Å². The van der Waals surface area contributed by atoms with Gasteiger partial charge in [-0.3, -0.25) is 9.80 Å². The first-order valence-corrected chi connectivity index (χ1v) is 13.1. The number of aliphatic hydroxyl groups excluding tert-OH is 1. The Morgan fingerprint density at radius 3 is 2.57 bits per heavy atom. The highest BCUT2D eigenvalue weighted by atomic mass is 32.2. The molecule has 3 heterocycles. The Hall–Kier alpha value is -0.890. The van der Waals surface area contributed by atoms with E-state index in [1.54, 1.807) is 0 Å². The molecular formula is C23H34N2O3S2. The van der Waals surface area contributed by atoms with Crippen molar-refractivity contribution in [1.82, 2.24) is 9.80 Å². The van der Waals surface area contributed by atoms with Gasteiger partial charge in [0.25, 0.3) is 0 Å². The Balaban J connectivity index is 1.59. The molecule has 30 heavy (non-hydrogen) atoms. The zero-order valence-electron chi connectivity index (χ0n) is 18.2. The van der Waals surface area contributed by atoms with Crippen LogP contribution in [0, 0.1) is 0 Å². The van der Waals surface area contributed by atoms with Gasteiger partial charge in [0.05, 0.1) is 22.8 Å². The molecular weight excluding hydrogens is 416 g/mol. The number of ether oxygens (including phenoxy) is 1. The number of carbonyl (C=O) groups is 1. The molecule has 0 aromatic heterocycles. The summed E-state index contributed by atoms with van der Waals surface area (Å²) in [4.78, 5) is 17.5. The zero-order valence-corrected chi connectivity index (χ0v) is 19.8. The third-order valence-electron chi connectivity index (χ3n) is 6.12. The van der Waals surface area contributed by atoms with E-state index < -0.39 is 11.7 Å². The van der Waals surface area contributed by atoms with E-state index in [1.807, 2.05) is 55.3 Å². The summed E-state index contributed by atoms with van der Waals surface area (Å²) in [5.74, 6) is 2.20. The van der Waals surface area contributed by atoms with Crippen molar-refractivity contribution in [3.63, 3.8) is 0 Å². The Labute approximate surface area is 188 Å². The normalized spacial score (nSPS) is 29.1. The van der Waals surface area contributed by atoms with Gasteiger partial charge in [-0.15, -0.1) is 23.5 Å². The summed E-state index contributed by atoms with van der Waals surface area (Å²) in [6.45, 7) is 7.34. The van der Waals surface area contributed by atoms with E-state index in [2.05, 4.69) is 29.2 Å². The van der Waals surface area contributed by atoms with Crippen LogP contribution in [0.4, 0.5) is 4.79 Å². The summed E-state index contributed by atoms with van der Waals surface area (Å²) in [6, 6.07) is 10.6. The molecule has 1 amide bonds. The van der Waals surface area contributed by atoms with Gasteiger partial charge in [-0.05, 0) is 57.1 Å². The van der Waals surface area contributed by atoms with Crippen LogP contribution in [0.5, 0.6) is 0 Å². The Morgan fingerprint density at radius 1 is 1.20 bits per heavy atom. The number of aliphatic hydroxyl groups is 1. The van der Waals surface area contributed by atoms with Gasteiger partial charge in [-0.1, -0.05) is 30.3 Å². The van der Waals surface area contributed by atoms with Crippen LogP contribution >= 0.6 is 23.5 Å². The fourth-order valence-electron chi connectivity index (χ4n) is 4.96. The predicted molar refractivity (Wildman–Crippen MR) is 125 cm³/mol. The molecule has 3 fully saturated rings. The first-order chi connectivity index (χ1) is 14.3. The van der Waals surface area contributed by atoms with Gasteiger partial charge in [-0.25, -0.2) is 4.79 Å². The number of benzene rings is 1. The van der Waals surface area contributed by atoms with Gasteiger partial charge in [0.1, 0.15) is 5.60 Å². The standard InChI is InChI=1S/C23H34N2O3S2/c1-23(2,3)28-22(27)25-17-10-11-18(25)19(20(26)21-29-12-7-13-30-21)24(15-17)14-16-8-5-4-6-9-16/h4-6,8-9,17-21,26H,7,10-15H2,1-3H3/t17-,18+,19-,20+/m0/s1. The lowest BCUT2D eigenvalue weighted by Crippen LogP contribution is -2.65. The molecule has 1 N–H and O–H groups in total. The lowest BCUT2D eigenvalue weighted by atomic mass is 9.97. The van der Waals surface area contributed by atoms with Crippen LogP contribution in [0.3, 0.4) is 0 Å². The second-order valence-electron chi connectivity index (χ2n) is 9.55. The lowest BCUT2D eigenvalue weighted by molar-refractivity contribution is -0.0541. The van der Waals surface area contributed by atoms with E-state index in [-0.39, 0.29) is 28.8 Å². The van der Waals surface area contributed by atoms with Crippen molar-refractivity contribution < 1.29 is 14.6 Å². The van der Waals surface area contributed by atoms with Crippen molar-refractivity contribution in [2.75, 3.05) is 18.1 Å². The first-order valence-electron chi connectivity index (χ1n) is 11.0. The number of likely N-dealkylation sites (tertiary alicyclic amines) is 1. The smallest absolute Gasteiger partial charge is 0.410 e. The van der Waals surface area contributed by atoms with Gasteiger partial charge < -0.3 is 9.84 Å². The van der Waals surface area contributed by atoms with Crippen molar-refractivity contribution >= 4 is 29.6 Å². The fourth-order valence-corrected chi connectivity index (χ4v) is 7.91. The maximum atomic E-state index is 13.1. The topological polar surface area (TPSA) is 53.0 Å². The molecule has 3 aliphatic rings. The van der Waals surface area contributed by atoms with Crippen molar-refractivity contribution in [3.8, 4) is 0 Å². The van der Waals surface area contributed by atoms with Gasteiger partial charge in [0, 0.05) is 19.1 Å². The number of hydrogen-bond acceptors (Lipinski definition) is 6. The molecule has 1 aromatic carbocycles. The number of carbonyl (C=O) groups excluding carboxylic acids is 1. The molecule has 0 saturated carbocycles. The number of piperazine rings is 1. The molecule has 1 aromatic rings. The van der Waals surface area contributed by atoms with Crippen molar-refractivity contribution in [3.05, 3.63) is 35.9 Å². The highest BCUT2D eigenvalue weighted by Crippen LogP contribution is 2.42. The second kappa shape index (κ2) is 9.31. The van der Waals surface area contributed by atoms with Crippen LogP contribution < -0.4 is 0 Å². The summed E-state index contributed by atoms with van der Waals surface area (Å²) in [5, 5.41) is 11.5. The second-order valence-corrected chi connectivity index (χ2v) is 12.3. The summed E-state index contributed by atoms with van der Waals surface area (Å²) in [6.07, 6.45) is 2.41. The van der Waals surface area contributed by atoms with Crippen LogP contribution in [0.2, 0.25) is 0 Å². The predicted octanol–water partition coefficient (Wildman–Crippen LogP) is 4.20. The molecule has 166 valence electrons. The number of hydrogen-bond donors (Lipinski definition) is 1. The summed E-state index contributed by atoms with van der Waals surface area (Å²) < 4.78 is 5.93. The Kier molecular flexibility index (Phi) is 6.92. The molecule has 4 atom stereocenters. The van der Waals surface area contributed by atoms with E-state index in [4.69, 9.17) is 4.74 Å². The van der Waals surface area contributed by atoms with Crippen LogP contribution in [0.1, 0.15) is 45.6 Å². The third-order valence-corrected chi connectivity index (χ3v) is 9.20. The zero-order chi connectivity index (χ0) is 21.3. The monoisotopic (exact) mass is 450 g/mol. The minimum Gasteiger partial charge on any atom is -0.444 e. The molecule has 0 spiro atoms. The van der Waals surface area contributed by atoms with Crippen LogP contribution in [-0.4, -0.2) is 73.5 Å². The van der Waals surface area contributed by atoms with Crippen LogP contribution in [-0.2, 0) is 11.3 Å². The van der Waals surface area contributed by atoms with E-state index in [0.717, 1.165) is 37.4 Å². The van der Waals surface area contributed by atoms with Gasteiger partial charge >= 0.3 is 6.09 Å². The minimum atomic E-state index is -0.513. The maximum Gasteiger partial charge on any atom is 0.410 e. The Bertz CT molecular complexity index is 721. The molecule has 0 unspecified atom stereocenters. The number of nitrogens with zero attached hydrogens (tertiary/aromatic N) is 2. The van der Waals surface area contributed by atoms with Crippen molar-refractivity contribution in [2.24, 2.45) is 0 Å². The summed E-state index contributed by atoms with van der Waals surface area (Å²) >= 11 is 3.74. The fraction of sp³-hybridized carbons (Fsp3) is 0.696. The van der Waals surface area contributed by atoms with Crippen LogP contribution in [0.15, 0.2) is 30.3 Å². The highest BCUT2D eigenvalue weighted by Gasteiger charge is 2.52. The minimum absolute atomic E-state index is 0.000406. The largest absolute Gasteiger partial charge is 0.444 e. The average molecular weight is 451 g/mol. The van der Waals surface area contributed by atoms with Gasteiger partial charge in [0.2, 0.25) is 0 Å². The molecule has 0 aliphatic carbocycles. The molecule has 3 aliphatic heterocycles. The van der Waals surface area contributed by atoms with E-state index in [1.165, 1.54) is 12.0 Å². The highest BCUT2D eigenvalue weighted by molar-refractivity contribution is 8.17. The van der Waals surface area contributed by atoms with Crippen molar-refractivity contribution in [1.29, 1.82) is 0 Å². The van der Waals surface area contributed by atoms with E-state index in [9.17, 15) is 9.90 Å². The molecule has 0 radical (unpaired) electrons. The molecule has 4 rings (SSSR count). The molecule has 3 saturated heterocycles. The molecule has 2 bridgehead atoms. The Morgan fingerprint density at radius 2 is 1.90 bits per heavy atom. The first kappa shape index (κ1) is 22.3. The lowest BCUT2D eigenvalue weighted by Gasteiger charge is -2.49. The quantitative estimate of drug-likeness (QED) is 0.742. The number of rotatable bonds is 4. The third kappa shape index (κ3) is 4.95. The van der Waals surface area contributed by atoms with Gasteiger partial charge in [0.15, 0.2) is 0 Å². The molecule has 5 nitrogen and oxygen atoms in total. The van der Waals surface area contributed by atoms with E-state index >= 15 is 0 Å². The maximum absolute atomic E-state index is 13.1. The van der Waals surface area contributed by atoms with Crippen LogP contribution in [0.25, 0.3) is 0 Å². The van der Waals surface area contributed by atoms with Gasteiger partial charge in [-0.2, -0.15) is 0 Å². The molecule has 7 heteroatoms. The SMILES string of the molecule is CC(C)(C)OC(=O)N1[C@H]2CC[C@@H]1[C@@H]([C@@H](O)C1SCCCS1)N(Cc1ccccc1)C2. The average Bonchev–Trinajstić information content (AvgIpc) is 3.03. The van der Waals surface area contributed by atoms with E-state index in [0.29, 0.717) is 0 Å².